The Balaban J connectivity index is 1.64. The number of hydrazone groups is 1. The van der Waals surface area contributed by atoms with Gasteiger partial charge in [0.1, 0.15) is 0 Å². The first-order valence-electron chi connectivity index (χ1n) is 6.14. The van der Waals surface area contributed by atoms with E-state index in [9.17, 15) is 4.79 Å². The molecule has 1 amide bonds. The number of nitrogens with zero attached hydrogens (tertiary/aromatic N) is 1. The molecule has 1 heterocycles. The number of hydrogen-bond donors (Lipinski definition) is 1. The Morgan fingerprint density at radius 1 is 1.53 bits per heavy atom. The van der Waals surface area contributed by atoms with Crippen LogP contribution in [-0.4, -0.2) is 11.6 Å². The monoisotopic (exact) mass is 248 g/mol. The van der Waals surface area contributed by atoms with Gasteiger partial charge < -0.3 is 0 Å². The lowest BCUT2D eigenvalue weighted by Gasteiger charge is -2.11. The fourth-order valence-corrected chi connectivity index (χ4v) is 3.59. The van der Waals surface area contributed by atoms with Crippen LogP contribution in [0.1, 0.15) is 40.9 Å². The number of thiophene rings is 1. The molecule has 4 heteroatoms. The molecule has 1 aromatic rings. The van der Waals surface area contributed by atoms with E-state index in [1.165, 1.54) is 25.0 Å². The molecule has 0 saturated heterocycles. The zero-order valence-electron chi connectivity index (χ0n) is 9.90. The molecular formula is C13H16N2OS. The SMILES string of the molecule is Cc1cc(C(=O)N/N=C2\CC3CCC2C3)cs1. The minimum atomic E-state index is -0.0791. The Hall–Kier alpha value is -1.16. The summed E-state index contributed by atoms with van der Waals surface area (Å²) in [5, 5.41) is 6.19. The highest BCUT2D eigenvalue weighted by atomic mass is 32.1. The molecule has 2 saturated carbocycles. The third kappa shape index (κ3) is 2.14. The number of fused-ring (bicyclic) bond motifs is 2. The van der Waals surface area contributed by atoms with Crippen molar-refractivity contribution in [3.05, 3.63) is 21.9 Å². The quantitative estimate of drug-likeness (QED) is 0.803. The topological polar surface area (TPSA) is 41.5 Å². The van der Waals surface area contributed by atoms with Gasteiger partial charge >= 0.3 is 0 Å². The van der Waals surface area contributed by atoms with Gasteiger partial charge in [0, 0.05) is 16.0 Å². The molecule has 0 aromatic carbocycles. The lowest BCUT2D eigenvalue weighted by Crippen LogP contribution is -2.21. The fraction of sp³-hybridized carbons (Fsp3) is 0.538. The molecule has 1 aromatic heterocycles. The molecule has 17 heavy (non-hydrogen) atoms. The maximum atomic E-state index is 11.8. The van der Waals surface area contributed by atoms with Gasteiger partial charge in [0.15, 0.2) is 0 Å². The molecule has 1 N–H and O–H groups in total. The van der Waals surface area contributed by atoms with Gasteiger partial charge in [-0.1, -0.05) is 0 Å². The second-order valence-electron chi connectivity index (χ2n) is 5.07. The smallest absolute Gasteiger partial charge is 0.267 e. The van der Waals surface area contributed by atoms with Crippen molar-refractivity contribution in [1.82, 2.24) is 5.43 Å². The number of hydrogen-bond acceptors (Lipinski definition) is 3. The second-order valence-corrected chi connectivity index (χ2v) is 6.19. The van der Waals surface area contributed by atoms with Crippen LogP contribution in [0.4, 0.5) is 0 Å². The van der Waals surface area contributed by atoms with E-state index in [0.717, 1.165) is 22.8 Å². The first-order valence-corrected chi connectivity index (χ1v) is 7.02. The molecule has 0 aliphatic heterocycles. The zero-order valence-corrected chi connectivity index (χ0v) is 10.7. The lowest BCUT2D eigenvalue weighted by molar-refractivity contribution is 0.0955. The van der Waals surface area contributed by atoms with Crippen molar-refractivity contribution in [3.8, 4) is 0 Å². The van der Waals surface area contributed by atoms with Crippen molar-refractivity contribution in [2.45, 2.75) is 32.6 Å². The van der Waals surface area contributed by atoms with Crippen LogP contribution in [0.2, 0.25) is 0 Å². The number of carbonyl (C=O) groups is 1. The maximum absolute atomic E-state index is 11.8. The molecule has 2 fully saturated rings. The Bertz CT molecular complexity index is 478. The van der Waals surface area contributed by atoms with E-state index < -0.39 is 0 Å². The summed E-state index contributed by atoms with van der Waals surface area (Å²) in [4.78, 5) is 13.0. The number of nitrogens with one attached hydrogen (secondary N) is 1. The average Bonchev–Trinajstić information content (AvgIpc) is 3.01. The van der Waals surface area contributed by atoms with E-state index in [1.807, 2.05) is 18.4 Å². The zero-order chi connectivity index (χ0) is 11.8. The van der Waals surface area contributed by atoms with E-state index in [2.05, 4.69) is 10.5 Å². The number of carbonyl (C=O) groups excluding carboxylic acids is 1. The van der Waals surface area contributed by atoms with Crippen LogP contribution >= 0.6 is 11.3 Å². The summed E-state index contributed by atoms with van der Waals surface area (Å²) in [6.07, 6.45) is 4.98. The first-order chi connectivity index (χ1) is 8.22. The van der Waals surface area contributed by atoms with E-state index in [4.69, 9.17) is 0 Å². The van der Waals surface area contributed by atoms with Gasteiger partial charge in [0.2, 0.25) is 0 Å². The van der Waals surface area contributed by atoms with E-state index in [1.54, 1.807) is 11.3 Å². The molecule has 2 atom stereocenters. The van der Waals surface area contributed by atoms with Gasteiger partial charge in [0.25, 0.3) is 5.91 Å². The van der Waals surface area contributed by atoms with Crippen LogP contribution in [0.5, 0.6) is 0 Å². The summed E-state index contributed by atoms with van der Waals surface area (Å²) in [6.45, 7) is 2.00. The molecule has 3 rings (SSSR count). The third-order valence-corrected chi connectivity index (χ3v) is 4.67. The fourth-order valence-electron chi connectivity index (χ4n) is 2.91. The Kier molecular flexibility index (Phi) is 2.74. The van der Waals surface area contributed by atoms with Crippen molar-refractivity contribution in [2.75, 3.05) is 0 Å². The van der Waals surface area contributed by atoms with Crippen molar-refractivity contribution >= 4 is 23.0 Å². The molecule has 2 aliphatic carbocycles. The Morgan fingerprint density at radius 3 is 3.00 bits per heavy atom. The molecular weight excluding hydrogens is 232 g/mol. The van der Waals surface area contributed by atoms with Crippen LogP contribution in [0.25, 0.3) is 0 Å². The standard InChI is InChI=1S/C13H16N2OS/c1-8-4-11(7-17-8)13(16)15-14-12-6-9-2-3-10(12)5-9/h4,7,9-10H,2-3,5-6H2,1H3,(H,15,16)/b14-12+. The maximum Gasteiger partial charge on any atom is 0.272 e. The van der Waals surface area contributed by atoms with Gasteiger partial charge in [-0.2, -0.15) is 5.10 Å². The largest absolute Gasteiger partial charge is 0.272 e. The molecule has 2 unspecified atom stereocenters. The van der Waals surface area contributed by atoms with Crippen LogP contribution in [0.15, 0.2) is 16.5 Å². The number of rotatable bonds is 2. The highest BCUT2D eigenvalue weighted by molar-refractivity contribution is 7.10. The molecule has 0 spiro atoms. The van der Waals surface area contributed by atoms with Gasteiger partial charge in [-0.15, -0.1) is 11.3 Å². The summed E-state index contributed by atoms with van der Waals surface area (Å²) in [5.41, 5.74) is 4.63. The van der Waals surface area contributed by atoms with Crippen molar-refractivity contribution < 1.29 is 4.79 Å². The Morgan fingerprint density at radius 2 is 2.41 bits per heavy atom. The van der Waals surface area contributed by atoms with E-state index in [-0.39, 0.29) is 5.91 Å². The van der Waals surface area contributed by atoms with Crippen LogP contribution < -0.4 is 5.43 Å². The number of amides is 1. The minimum Gasteiger partial charge on any atom is -0.267 e. The van der Waals surface area contributed by atoms with E-state index in [0.29, 0.717) is 5.92 Å². The number of aryl methyl sites for hydroxylation is 1. The van der Waals surface area contributed by atoms with Gasteiger partial charge in [-0.25, -0.2) is 5.43 Å². The van der Waals surface area contributed by atoms with Crippen LogP contribution in [-0.2, 0) is 0 Å². The predicted molar refractivity (Wildman–Crippen MR) is 69.4 cm³/mol. The van der Waals surface area contributed by atoms with Gasteiger partial charge in [-0.05, 0) is 50.5 Å². The van der Waals surface area contributed by atoms with Crippen LogP contribution in [0.3, 0.4) is 0 Å². The van der Waals surface area contributed by atoms with Crippen molar-refractivity contribution in [1.29, 1.82) is 0 Å². The predicted octanol–water partition coefficient (Wildman–Crippen LogP) is 2.96. The average molecular weight is 248 g/mol. The summed E-state index contributed by atoms with van der Waals surface area (Å²) in [7, 11) is 0. The first kappa shape index (κ1) is 11.0. The summed E-state index contributed by atoms with van der Waals surface area (Å²) < 4.78 is 0. The highest BCUT2D eigenvalue weighted by Gasteiger charge is 2.36. The van der Waals surface area contributed by atoms with E-state index >= 15 is 0 Å². The highest BCUT2D eigenvalue weighted by Crippen LogP contribution is 2.42. The Labute approximate surface area is 105 Å². The summed E-state index contributed by atoms with van der Waals surface area (Å²) in [6, 6.07) is 1.90. The minimum absolute atomic E-state index is 0.0791. The van der Waals surface area contributed by atoms with Gasteiger partial charge in [-0.3, -0.25) is 4.79 Å². The molecule has 2 bridgehead atoms. The molecule has 3 nitrogen and oxygen atoms in total. The molecule has 90 valence electrons. The summed E-state index contributed by atoms with van der Waals surface area (Å²) in [5.74, 6) is 1.40. The van der Waals surface area contributed by atoms with Crippen molar-refractivity contribution in [3.63, 3.8) is 0 Å². The lowest BCUT2D eigenvalue weighted by atomic mass is 9.99. The normalized spacial score (nSPS) is 28.9. The molecule has 0 radical (unpaired) electrons. The van der Waals surface area contributed by atoms with Crippen LogP contribution in [0, 0.1) is 18.8 Å². The summed E-state index contributed by atoms with van der Waals surface area (Å²) >= 11 is 1.59. The second kappa shape index (κ2) is 4.26. The third-order valence-electron chi connectivity index (χ3n) is 3.80. The molecule has 2 aliphatic rings. The van der Waals surface area contributed by atoms with Gasteiger partial charge in [0.05, 0.1) is 5.56 Å². The van der Waals surface area contributed by atoms with Crippen molar-refractivity contribution in [2.24, 2.45) is 16.9 Å².